The minimum Gasteiger partial charge on any atom is -0.467 e. The molecule has 2 aromatic heterocycles. The Hall–Kier alpha value is -3.42. The van der Waals surface area contributed by atoms with Gasteiger partial charge in [0.25, 0.3) is 0 Å². The molecule has 0 bridgehead atoms. The van der Waals surface area contributed by atoms with Crippen molar-refractivity contribution >= 4 is 23.3 Å². The van der Waals surface area contributed by atoms with Crippen molar-refractivity contribution in [1.29, 1.82) is 0 Å². The second-order valence-electron chi connectivity index (χ2n) is 5.35. The zero-order valence-electron chi connectivity index (χ0n) is 13.5. The average Bonchev–Trinajstić information content (AvgIpc) is 3.11. The number of rotatable bonds is 5. The molecule has 128 valence electrons. The van der Waals surface area contributed by atoms with Crippen molar-refractivity contribution in [1.82, 2.24) is 19.9 Å². The van der Waals surface area contributed by atoms with E-state index in [1.807, 2.05) is 30.3 Å². The number of aromatic nitrogens is 3. The lowest BCUT2D eigenvalue weighted by Gasteiger charge is -2.17. The van der Waals surface area contributed by atoms with E-state index >= 15 is 0 Å². The molecule has 8 heteroatoms. The van der Waals surface area contributed by atoms with Gasteiger partial charge < -0.3 is 15.4 Å². The molecular weight excluding hydrogens is 322 g/mol. The van der Waals surface area contributed by atoms with E-state index in [1.54, 1.807) is 22.7 Å². The molecule has 25 heavy (non-hydrogen) atoms. The molecule has 1 aromatic carbocycles. The smallest absolute Gasteiger partial charge is 0.328 e. The van der Waals surface area contributed by atoms with Crippen LogP contribution in [-0.4, -0.2) is 39.8 Å². The maximum atomic E-state index is 12.3. The third-order valence-corrected chi connectivity index (χ3v) is 3.65. The van der Waals surface area contributed by atoms with Crippen LogP contribution in [0.2, 0.25) is 0 Å². The number of urea groups is 1. The number of methoxy groups -OCH3 is 1. The van der Waals surface area contributed by atoms with Gasteiger partial charge >= 0.3 is 12.0 Å². The summed E-state index contributed by atoms with van der Waals surface area (Å²) in [6, 6.07) is 11.5. The molecule has 0 aliphatic carbocycles. The Morgan fingerprint density at radius 3 is 2.76 bits per heavy atom. The summed E-state index contributed by atoms with van der Waals surface area (Å²) < 4.78 is 6.46. The first-order valence-corrected chi connectivity index (χ1v) is 7.65. The first-order valence-electron chi connectivity index (χ1n) is 7.65. The fraction of sp³-hybridized carbons (Fsp3) is 0.176. The van der Waals surface area contributed by atoms with E-state index in [0.717, 1.165) is 5.56 Å². The molecule has 0 saturated heterocycles. The van der Waals surface area contributed by atoms with Crippen LogP contribution >= 0.6 is 0 Å². The lowest BCUT2D eigenvalue weighted by Crippen LogP contribution is -2.45. The van der Waals surface area contributed by atoms with Gasteiger partial charge in [0.1, 0.15) is 12.4 Å². The Labute approximate surface area is 143 Å². The summed E-state index contributed by atoms with van der Waals surface area (Å²) in [6.45, 7) is 0. The molecule has 0 aliphatic rings. The van der Waals surface area contributed by atoms with Gasteiger partial charge in [-0.2, -0.15) is 0 Å². The number of carbonyl (C=O) groups excluding carboxylic acids is 2. The molecule has 2 amide bonds. The average molecular weight is 339 g/mol. The molecule has 0 fully saturated rings. The third-order valence-electron chi connectivity index (χ3n) is 3.65. The highest BCUT2D eigenvalue weighted by Gasteiger charge is 2.22. The summed E-state index contributed by atoms with van der Waals surface area (Å²) in [6.07, 6.45) is 3.63. The normalized spacial score (nSPS) is 11.7. The number of hydrogen-bond acceptors (Lipinski definition) is 5. The van der Waals surface area contributed by atoms with Crippen molar-refractivity contribution < 1.29 is 14.3 Å². The zero-order valence-corrected chi connectivity index (χ0v) is 13.5. The number of nitrogens with zero attached hydrogens (tertiary/aromatic N) is 3. The Morgan fingerprint density at radius 1 is 1.20 bits per heavy atom. The number of pyridine rings is 1. The number of ether oxygens (including phenoxy) is 1. The van der Waals surface area contributed by atoms with Gasteiger partial charge in [-0.15, -0.1) is 10.2 Å². The Balaban J connectivity index is 1.71. The third kappa shape index (κ3) is 3.92. The minimum atomic E-state index is -0.801. The first-order chi connectivity index (χ1) is 12.2. The number of anilines is 1. The predicted octanol–water partition coefficient (Wildman–Crippen LogP) is 1.64. The second kappa shape index (κ2) is 7.43. The largest absolute Gasteiger partial charge is 0.467 e. The lowest BCUT2D eigenvalue weighted by atomic mass is 10.1. The summed E-state index contributed by atoms with van der Waals surface area (Å²) in [5.74, 6) is -0.514. The van der Waals surface area contributed by atoms with E-state index in [1.165, 1.54) is 13.4 Å². The van der Waals surface area contributed by atoms with E-state index in [4.69, 9.17) is 4.74 Å². The van der Waals surface area contributed by atoms with Gasteiger partial charge in [-0.25, -0.2) is 9.59 Å². The standard InChI is InChI=1S/C17H17N5O3/c1-25-16(23)14(10-12-6-3-2-4-7-12)20-17(24)19-13-8-5-9-22-11-18-21-15(13)22/h2-9,11,14H,10H2,1H3,(H2,19,20,24)/t14-/m0/s1. The maximum absolute atomic E-state index is 12.3. The summed E-state index contributed by atoms with van der Waals surface area (Å²) >= 11 is 0. The van der Waals surface area contributed by atoms with Crippen LogP contribution in [0.1, 0.15) is 5.56 Å². The van der Waals surface area contributed by atoms with Crippen LogP contribution < -0.4 is 10.6 Å². The molecule has 2 N–H and O–H groups in total. The summed E-state index contributed by atoms with van der Waals surface area (Å²) in [5, 5.41) is 13.1. The fourth-order valence-electron chi connectivity index (χ4n) is 2.45. The van der Waals surface area contributed by atoms with Gasteiger partial charge in [0.2, 0.25) is 0 Å². The van der Waals surface area contributed by atoms with Crippen molar-refractivity contribution in [2.75, 3.05) is 12.4 Å². The minimum absolute atomic E-state index is 0.329. The van der Waals surface area contributed by atoms with Crippen LogP contribution in [-0.2, 0) is 16.0 Å². The number of benzene rings is 1. The number of nitrogens with one attached hydrogen (secondary N) is 2. The van der Waals surface area contributed by atoms with E-state index in [0.29, 0.717) is 17.8 Å². The Bertz CT molecular complexity index is 878. The monoisotopic (exact) mass is 339 g/mol. The van der Waals surface area contributed by atoms with Gasteiger partial charge in [-0.3, -0.25) is 4.40 Å². The van der Waals surface area contributed by atoms with E-state index in [-0.39, 0.29) is 0 Å². The van der Waals surface area contributed by atoms with Crippen LogP contribution in [0.4, 0.5) is 10.5 Å². The van der Waals surface area contributed by atoms with E-state index in [9.17, 15) is 9.59 Å². The van der Waals surface area contributed by atoms with Crippen LogP contribution in [0, 0.1) is 0 Å². The quantitative estimate of drug-likeness (QED) is 0.689. The van der Waals surface area contributed by atoms with Crippen LogP contribution in [0.15, 0.2) is 55.0 Å². The molecule has 0 spiro atoms. The molecule has 0 unspecified atom stereocenters. The van der Waals surface area contributed by atoms with Crippen molar-refractivity contribution in [3.63, 3.8) is 0 Å². The van der Waals surface area contributed by atoms with Gasteiger partial charge in [0.05, 0.1) is 12.8 Å². The van der Waals surface area contributed by atoms with Crippen molar-refractivity contribution in [2.45, 2.75) is 12.5 Å². The molecule has 2 heterocycles. The Morgan fingerprint density at radius 2 is 2.00 bits per heavy atom. The van der Waals surface area contributed by atoms with Crippen LogP contribution in [0.25, 0.3) is 5.65 Å². The fourth-order valence-corrected chi connectivity index (χ4v) is 2.45. The number of esters is 1. The predicted molar refractivity (Wildman–Crippen MR) is 91.1 cm³/mol. The van der Waals surface area contributed by atoms with Gasteiger partial charge in [0.15, 0.2) is 5.65 Å². The van der Waals surface area contributed by atoms with Crippen molar-refractivity contribution in [2.24, 2.45) is 0 Å². The highest BCUT2D eigenvalue weighted by atomic mass is 16.5. The first kappa shape index (κ1) is 16.4. The van der Waals surface area contributed by atoms with E-state index in [2.05, 4.69) is 20.8 Å². The summed E-state index contributed by atoms with van der Waals surface area (Å²) in [7, 11) is 1.29. The van der Waals surface area contributed by atoms with Crippen LogP contribution in [0.5, 0.6) is 0 Å². The maximum Gasteiger partial charge on any atom is 0.328 e. The second-order valence-corrected chi connectivity index (χ2v) is 5.35. The molecule has 3 rings (SSSR count). The molecule has 3 aromatic rings. The van der Waals surface area contributed by atoms with E-state index < -0.39 is 18.0 Å². The highest BCUT2D eigenvalue weighted by molar-refractivity contribution is 5.95. The zero-order chi connectivity index (χ0) is 17.6. The highest BCUT2D eigenvalue weighted by Crippen LogP contribution is 2.13. The molecule has 8 nitrogen and oxygen atoms in total. The topological polar surface area (TPSA) is 97.6 Å². The van der Waals surface area contributed by atoms with Gasteiger partial charge in [-0.05, 0) is 17.7 Å². The number of hydrogen-bond donors (Lipinski definition) is 2. The molecular formula is C17H17N5O3. The van der Waals surface area contributed by atoms with Gasteiger partial charge in [-0.1, -0.05) is 30.3 Å². The SMILES string of the molecule is COC(=O)[C@H](Cc1ccccc1)NC(=O)Nc1cccn2cnnc12. The lowest BCUT2D eigenvalue weighted by molar-refractivity contribution is -0.142. The molecule has 1 atom stereocenters. The van der Waals surface area contributed by atoms with Crippen molar-refractivity contribution in [3.05, 3.63) is 60.6 Å². The van der Waals surface area contributed by atoms with Crippen molar-refractivity contribution in [3.8, 4) is 0 Å². The molecule has 0 saturated carbocycles. The molecule has 0 aliphatic heterocycles. The number of amides is 2. The Kier molecular flexibility index (Phi) is 4.89. The summed E-state index contributed by atoms with van der Waals surface area (Å²) in [5.41, 5.74) is 1.91. The molecule has 0 radical (unpaired) electrons. The van der Waals surface area contributed by atoms with Crippen LogP contribution in [0.3, 0.4) is 0 Å². The van der Waals surface area contributed by atoms with Gasteiger partial charge in [0, 0.05) is 12.6 Å². The number of carbonyl (C=O) groups is 2. The number of fused-ring (bicyclic) bond motifs is 1. The summed E-state index contributed by atoms with van der Waals surface area (Å²) in [4.78, 5) is 24.3.